The van der Waals surface area contributed by atoms with Crippen LogP contribution in [0.5, 0.6) is 0 Å². The summed E-state index contributed by atoms with van der Waals surface area (Å²) in [4.78, 5) is 15.2. The molecule has 0 saturated heterocycles. The van der Waals surface area contributed by atoms with Gasteiger partial charge in [-0.05, 0) is 124 Å². The van der Waals surface area contributed by atoms with Crippen molar-refractivity contribution in [3.05, 3.63) is 225 Å². The van der Waals surface area contributed by atoms with E-state index in [0.717, 1.165) is 55.7 Å². The molecule has 0 atom stereocenters. The second-order valence-electron chi connectivity index (χ2n) is 17.5. The summed E-state index contributed by atoms with van der Waals surface area (Å²) in [6, 6.07) is 77.1. The maximum Gasteiger partial charge on any atom is 0.160 e. The molecular formula is C63H37N3. The van der Waals surface area contributed by atoms with Gasteiger partial charge in [-0.2, -0.15) is 0 Å². The molecule has 2 aromatic heterocycles. The molecule has 3 heteroatoms. The number of rotatable bonds is 6. The molecule has 304 valence electrons. The van der Waals surface area contributed by atoms with Crippen LogP contribution in [0.2, 0.25) is 0 Å². The van der Waals surface area contributed by atoms with Crippen molar-refractivity contribution in [2.45, 2.75) is 0 Å². The van der Waals surface area contributed by atoms with Gasteiger partial charge in [0, 0.05) is 40.0 Å². The van der Waals surface area contributed by atoms with Gasteiger partial charge < -0.3 is 0 Å². The number of nitrogens with zero attached hydrogens (tertiary/aromatic N) is 3. The van der Waals surface area contributed by atoms with Crippen LogP contribution in [0, 0.1) is 0 Å². The van der Waals surface area contributed by atoms with Gasteiger partial charge in [-0.15, -0.1) is 0 Å². The second-order valence-corrected chi connectivity index (χ2v) is 17.5. The average molecular weight is 836 g/mol. The smallest absolute Gasteiger partial charge is 0.160 e. The van der Waals surface area contributed by atoms with Gasteiger partial charge in [0.15, 0.2) is 5.82 Å². The van der Waals surface area contributed by atoms with Crippen LogP contribution in [0.3, 0.4) is 0 Å². The molecule has 3 nitrogen and oxygen atoms in total. The molecule has 12 aromatic rings. The molecule has 0 radical (unpaired) electrons. The Bertz CT molecular complexity index is 3760. The van der Waals surface area contributed by atoms with Crippen LogP contribution in [-0.4, -0.2) is 15.0 Å². The third-order valence-corrected chi connectivity index (χ3v) is 13.9. The molecule has 66 heavy (non-hydrogen) atoms. The predicted octanol–water partition coefficient (Wildman–Crippen LogP) is 16.6. The van der Waals surface area contributed by atoms with Crippen LogP contribution < -0.4 is 0 Å². The summed E-state index contributed by atoms with van der Waals surface area (Å²) < 4.78 is 0. The highest BCUT2D eigenvalue weighted by molar-refractivity contribution is 6.20. The van der Waals surface area contributed by atoms with E-state index < -0.39 is 0 Å². The molecule has 2 heterocycles. The quantitative estimate of drug-likeness (QED) is 0.167. The van der Waals surface area contributed by atoms with Gasteiger partial charge in [0.1, 0.15) is 0 Å². The highest BCUT2D eigenvalue weighted by Gasteiger charge is 2.25. The third kappa shape index (κ3) is 5.60. The Morgan fingerprint density at radius 1 is 0.242 bits per heavy atom. The Morgan fingerprint density at radius 2 is 0.697 bits per heavy atom. The van der Waals surface area contributed by atoms with Crippen LogP contribution >= 0.6 is 0 Å². The Hall–Kier alpha value is -8.79. The van der Waals surface area contributed by atoms with Gasteiger partial charge in [-0.1, -0.05) is 188 Å². The first-order valence-corrected chi connectivity index (χ1v) is 22.6. The van der Waals surface area contributed by atoms with Crippen molar-refractivity contribution in [2.75, 3.05) is 0 Å². The zero-order chi connectivity index (χ0) is 43.3. The van der Waals surface area contributed by atoms with Crippen molar-refractivity contribution >= 4 is 32.3 Å². The Kier molecular flexibility index (Phi) is 7.98. The molecule has 14 rings (SSSR count). The van der Waals surface area contributed by atoms with Crippen LogP contribution in [0.4, 0.5) is 0 Å². The molecule has 0 unspecified atom stereocenters. The molecular weight excluding hydrogens is 799 g/mol. The lowest BCUT2D eigenvalue weighted by Crippen LogP contribution is -1.97. The maximum absolute atomic E-state index is 5.40. The molecule has 0 N–H and O–H groups in total. The van der Waals surface area contributed by atoms with E-state index in [2.05, 4.69) is 211 Å². The van der Waals surface area contributed by atoms with Crippen LogP contribution in [0.1, 0.15) is 0 Å². The lowest BCUT2D eigenvalue weighted by atomic mass is 9.88. The normalized spacial score (nSPS) is 11.9. The van der Waals surface area contributed by atoms with Gasteiger partial charge in [0.05, 0.1) is 11.4 Å². The van der Waals surface area contributed by atoms with E-state index in [1.54, 1.807) is 0 Å². The maximum atomic E-state index is 5.40. The van der Waals surface area contributed by atoms with Crippen molar-refractivity contribution in [3.63, 3.8) is 0 Å². The molecule has 0 fully saturated rings. The monoisotopic (exact) mass is 835 g/mol. The fourth-order valence-electron chi connectivity index (χ4n) is 10.8. The summed E-state index contributed by atoms with van der Waals surface area (Å²) in [5, 5.41) is 7.42. The van der Waals surface area contributed by atoms with E-state index in [0.29, 0.717) is 5.82 Å². The first-order valence-electron chi connectivity index (χ1n) is 22.6. The minimum atomic E-state index is 0.684. The summed E-state index contributed by atoms with van der Waals surface area (Å²) in [5.74, 6) is 0.684. The Labute approximate surface area is 382 Å². The van der Waals surface area contributed by atoms with E-state index in [9.17, 15) is 0 Å². The van der Waals surface area contributed by atoms with Crippen LogP contribution in [0.25, 0.3) is 144 Å². The molecule has 0 spiro atoms. The number of fused-ring (bicyclic) bond motifs is 7. The largest absolute Gasteiger partial charge is 0.263 e. The fourth-order valence-corrected chi connectivity index (χ4v) is 10.8. The molecule has 0 bridgehead atoms. The predicted molar refractivity (Wildman–Crippen MR) is 274 cm³/mol. The molecule has 10 aromatic carbocycles. The van der Waals surface area contributed by atoms with E-state index in [4.69, 9.17) is 9.97 Å². The molecule has 0 amide bonds. The highest BCUT2D eigenvalue weighted by atomic mass is 14.9. The van der Waals surface area contributed by atoms with Gasteiger partial charge in [-0.25, -0.2) is 9.97 Å². The number of benzene rings is 10. The first kappa shape index (κ1) is 36.7. The number of aromatic nitrogens is 3. The number of hydrogen-bond donors (Lipinski definition) is 0. The minimum absolute atomic E-state index is 0.684. The van der Waals surface area contributed by atoms with Crippen molar-refractivity contribution < 1.29 is 0 Å². The molecule has 2 aliphatic rings. The number of hydrogen-bond acceptors (Lipinski definition) is 3. The second kappa shape index (κ2) is 14.4. The fraction of sp³-hybridized carbons (Fsp3) is 0. The Morgan fingerprint density at radius 3 is 1.30 bits per heavy atom. The summed E-state index contributed by atoms with van der Waals surface area (Å²) in [6.45, 7) is 0. The lowest BCUT2D eigenvalue weighted by molar-refractivity contribution is 1.18. The van der Waals surface area contributed by atoms with E-state index in [1.165, 1.54) is 82.6 Å². The average Bonchev–Trinajstić information content (AvgIpc) is 3.90. The zero-order valence-electron chi connectivity index (χ0n) is 35.7. The van der Waals surface area contributed by atoms with Crippen LogP contribution in [-0.2, 0) is 0 Å². The summed E-state index contributed by atoms with van der Waals surface area (Å²) in [6.07, 6.45) is 3.88. The Balaban J connectivity index is 0.988. The van der Waals surface area contributed by atoms with E-state index in [1.807, 2.05) is 18.5 Å². The summed E-state index contributed by atoms with van der Waals surface area (Å²) in [7, 11) is 0. The highest BCUT2D eigenvalue weighted by Crippen LogP contribution is 2.52. The third-order valence-electron chi connectivity index (χ3n) is 13.9. The van der Waals surface area contributed by atoms with Crippen molar-refractivity contribution in [3.8, 4) is 112 Å². The van der Waals surface area contributed by atoms with Gasteiger partial charge >= 0.3 is 0 Å². The van der Waals surface area contributed by atoms with Gasteiger partial charge in [-0.3, -0.25) is 4.98 Å². The lowest BCUT2D eigenvalue weighted by Gasteiger charge is -2.16. The SMILES string of the molecule is c1ccc(-c2nc(-c3ccc(-c4cncc5ccccc45)cc3)cc(-c3cc(-c4ccc5c6c(cccc46)-c4ccccc4-5)cc(-c4ccc5c6c(cccc46)-c4ccccc4-5)c3)n2)cc1. The minimum Gasteiger partial charge on any atom is -0.263 e. The molecule has 0 aliphatic heterocycles. The topological polar surface area (TPSA) is 38.7 Å². The van der Waals surface area contributed by atoms with Crippen molar-refractivity contribution in [1.29, 1.82) is 0 Å². The van der Waals surface area contributed by atoms with Crippen LogP contribution in [0.15, 0.2) is 225 Å². The zero-order valence-corrected chi connectivity index (χ0v) is 35.7. The first-order chi connectivity index (χ1) is 32.7. The van der Waals surface area contributed by atoms with Crippen molar-refractivity contribution in [2.24, 2.45) is 0 Å². The molecule has 0 saturated carbocycles. The van der Waals surface area contributed by atoms with E-state index in [-0.39, 0.29) is 0 Å². The van der Waals surface area contributed by atoms with Gasteiger partial charge in [0.2, 0.25) is 0 Å². The molecule has 2 aliphatic carbocycles. The standard InChI is InChI=1S/C63H37N3/c1-2-12-40(13-3-1)63-65-59(39-26-24-38(25-27-39)58-37-64-36-41-14-4-5-15-45(41)58)35-60(66-63)44-33-42(46-28-30-56-50-18-8-6-16-48(50)54-22-10-20-52(46)61(54)56)32-43(34-44)47-29-31-57-51-19-9-7-17-49(51)55-23-11-21-53(47)62(55)57/h1-37H. The van der Waals surface area contributed by atoms with Gasteiger partial charge in [0.25, 0.3) is 0 Å². The number of pyridine rings is 1. The summed E-state index contributed by atoms with van der Waals surface area (Å²) >= 11 is 0. The summed E-state index contributed by atoms with van der Waals surface area (Å²) in [5.41, 5.74) is 22.0. The van der Waals surface area contributed by atoms with E-state index >= 15 is 0 Å². The van der Waals surface area contributed by atoms with Crippen molar-refractivity contribution in [1.82, 2.24) is 15.0 Å².